The summed E-state index contributed by atoms with van der Waals surface area (Å²) in [5.74, 6) is 1.56. The second-order valence-corrected chi connectivity index (χ2v) is 8.18. The molecule has 22 heavy (non-hydrogen) atoms. The molecule has 0 radical (unpaired) electrons. The van der Waals surface area contributed by atoms with E-state index in [2.05, 4.69) is 15.3 Å². The van der Waals surface area contributed by atoms with E-state index in [9.17, 15) is 8.42 Å². The van der Waals surface area contributed by atoms with Gasteiger partial charge in [0, 0.05) is 38.1 Å². The van der Waals surface area contributed by atoms with Crippen molar-refractivity contribution >= 4 is 21.5 Å². The predicted molar refractivity (Wildman–Crippen MR) is 87.2 cm³/mol. The van der Waals surface area contributed by atoms with Crippen LogP contribution in [0.25, 0.3) is 0 Å². The summed E-state index contributed by atoms with van der Waals surface area (Å²) < 4.78 is 28.5. The summed E-state index contributed by atoms with van der Waals surface area (Å²) in [4.78, 5) is 10.6. The molecule has 124 valence electrons. The molecule has 1 saturated heterocycles. The van der Waals surface area contributed by atoms with Gasteiger partial charge >= 0.3 is 0 Å². The van der Waals surface area contributed by atoms with Gasteiger partial charge in [-0.25, -0.2) is 18.4 Å². The van der Waals surface area contributed by atoms with Gasteiger partial charge in [-0.2, -0.15) is 0 Å². The van der Waals surface area contributed by atoms with Gasteiger partial charge in [0.2, 0.25) is 0 Å². The molecule has 0 amide bonds. The first-order chi connectivity index (χ1) is 10.3. The number of nitrogens with zero attached hydrogens (tertiary/aromatic N) is 3. The Hall–Kier alpha value is -1.41. The van der Waals surface area contributed by atoms with Crippen molar-refractivity contribution in [1.29, 1.82) is 0 Å². The van der Waals surface area contributed by atoms with Crippen molar-refractivity contribution in [2.45, 2.75) is 31.6 Å². The molecule has 7 nitrogen and oxygen atoms in total. The first kappa shape index (κ1) is 17.0. The Morgan fingerprint density at radius 2 is 2.23 bits per heavy atom. The smallest absolute Gasteiger partial charge is 0.152 e. The van der Waals surface area contributed by atoms with Crippen LogP contribution in [0, 0.1) is 6.92 Å². The third-order valence-electron chi connectivity index (χ3n) is 3.91. The molecule has 1 aliphatic heterocycles. The van der Waals surface area contributed by atoms with Crippen molar-refractivity contribution < 1.29 is 13.2 Å². The third kappa shape index (κ3) is 3.86. The van der Waals surface area contributed by atoms with Crippen molar-refractivity contribution in [3.63, 3.8) is 0 Å². The van der Waals surface area contributed by atoms with Crippen LogP contribution in [0.15, 0.2) is 6.33 Å². The number of aromatic nitrogens is 2. The fourth-order valence-electron chi connectivity index (χ4n) is 2.70. The maximum atomic E-state index is 11.7. The van der Waals surface area contributed by atoms with Crippen LogP contribution < -0.4 is 10.2 Å². The van der Waals surface area contributed by atoms with Gasteiger partial charge in [-0.3, -0.25) is 0 Å². The summed E-state index contributed by atoms with van der Waals surface area (Å²) in [5.41, 5.74) is 0.930. The summed E-state index contributed by atoms with van der Waals surface area (Å²) >= 11 is 0. The van der Waals surface area contributed by atoms with Gasteiger partial charge < -0.3 is 15.0 Å². The Labute approximate surface area is 132 Å². The van der Waals surface area contributed by atoms with Crippen LogP contribution in [-0.2, 0) is 14.6 Å². The molecule has 1 N–H and O–H groups in total. The quantitative estimate of drug-likeness (QED) is 0.829. The molecule has 0 aliphatic carbocycles. The highest BCUT2D eigenvalue weighted by atomic mass is 32.2. The van der Waals surface area contributed by atoms with Crippen LogP contribution in [-0.4, -0.2) is 62.7 Å². The maximum absolute atomic E-state index is 11.7. The summed E-state index contributed by atoms with van der Waals surface area (Å²) in [6.45, 7) is 5.73. The largest absolute Gasteiger partial charge is 0.383 e. The van der Waals surface area contributed by atoms with Crippen LogP contribution in [0.5, 0.6) is 0 Å². The van der Waals surface area contributed by atoms with E-state index in [0.29, 0.717) is 26.1 Å². The number of rotatable bonds is 6. The van der Waals surface area contributed by atoms with E-state index >= 15 is 0 Å². The van der Waals surface area contributed by atoms with Crippen molar-refractivity contribution in [3.05, 3.63) is 11.9 Å². The average molecular weight is 328 g/mol. The molecule has 1 aromatic rings. The molecule has 0 spiro atoms. The summed E-state index contributed by atoms with van der Waals surface area (Å²) in [6, 6.07) is 0.133. The number of hydrogen-bond acceptors (Lipinski definition) is 7. The van der Waals surface area contributed by atoms with Gasteiger partial charge in [-0.1, -0.05) is 0 Å². The molecule has 0 aromatic carbocycles. The highest BCUT2D eigenvalue weighted by molar-refractivity contribution is 7.91. The monoisotopic (exact) mass is 328 g/mol. The number of ether oxygens (including phenoxy) is 1. The van der Waals surface area contributed by atoms with Gasteiger partial charge in [0.15, 0.2) is 9.84 Å². The lowest BCUT2D eigenvalue weighted by Gasteiger charge is -2.22. The molecule has 8 heteroatoms. The minimum atomic E-state index is -3.01. The van der Waals surface area contributed by atoms with E-state index in [0.717, 1.165) is 17.2 Å². The van der Waals surface area contributed by atoms with E-state index in [1.165, 1.54) is 12.6 Å². The molecule has 2 atom stereocenters. The van der Waals surface area contributed by atoms with E-state index in [4.69, 9.17) is 4.74 Å². The molecular formula is C14H24N4O3S. The molecular weight excluding hydrogens is 304 g/mol. The van der Waals surface area contributed by atoms with Gasteiger partial charge in [0.1, 0.15) is 18.0 Å². The lowest BCUT2D eigenvalue weighted by atomic mass is 10.2. The number of methoxy groups -OCH3 is 1. The molecule has 1 aliphatic rings. The van der Waals surface area contributed by atoms with Crippen molar-refractivity contribution in [1.82, 2.24) is 9.97 Å². The Morgan fingerprint density at radius 3 is 2.82 bits per heavy atom. The summed E-state index contributed by atoms with van der Waals surface area (Å²) in [6.07, 6.45) is 3.45. The molecule has 2 heterocycles. The van der Waals surface area contributed by atoms with Crippen LogP contribution in [0.3, 0.4) is 0 Å². The summed E-state index contributed by atoms with van der Waals surface area (Å²) in [5, 5.41) is 2.98. The molecule has 1 aromatic heterocycles. The maximum Gasteiger partial charge on any atom is 0.152 e. The lowest BCUT2D eigenvalue weighted by Crippen LogP contribution is -2.28. The Morgan fingerprint density at radius 1 is 1.50 bits per heavy atom. The van der Waals surface area contributed by atoms with Crippen LogP contribution >= 0.6 is 0 Å². The zero-order valence-electron chi connectivity index (χ0n) is 13.5. The summed E-state index contributed by atoms with van der Waals surface area (Å²) in [7, 11) is -1.35. The minimum absolute atomic E-state index is 0.133. The predicted octanol–water partition coefficient (Wildman–Crippen LogP) is 0.855. The van der Waals surface area contributed by atoms with E-state index in [-0.39, 0.29) is 11.3 Å². The van der Waals surface area contributed by atoms with Crippen molar-refractivity contribution in [2.24, 2.45) is 0 Å². The van der Waals surface area contributed by atoms with Gasteiger partial charge in [-0.05, 0) is 20.3 Å². The van der Waals surface area contributed by atoms with Gasteiger partial charge in [0.05, 0.1) is 11.9 Å². The second kappa shape index (κ2) is 6.78. The van der Waals surface area contributed by atoms with E-state index in [1.54, 1.807) is 7.11 Å². The number of sulfone groups is 1. The van der Waals surface area contributed by atoms with Crippen LogP contribution in [0.4, 0.5) is 11.6 Å². The fourth-order valence-corrected chi connectivity index (χ4v) is 3.68. The number of anilines is 2. The minimum Gasteiger partial charge on any atom is -0.383 e. The second-order valence-electron chi connectivity index (χ2n) is 5.86. The van der Waals surface area contributed by atoms with Crippen molar-refractivity contribution in [3.8, 4) is 0 Å². The lowest BCUT2D eigenvalue weighted by molar-refractivity contribution is 0.190. The molecule has 0 bridgehead atoms. The Bertz CT molecular complexity index is 621. The van der Waals surface area contributed by atoms with Crippen molar-refractivity contribution in [2.75, 3.05) is 43.3 Å². The first-order valence-corrected chi connectivity index (χ1v) is 9.29. The van der Waals surface area contributed by atoms with E-state index < -0.39 is 9.84 Å². The molecule has 0 saturated carbocycles. The zero-order chi connectivity index (χ0) is 16.3. The van der Waals surface area contributed by atoms with Crippen LogP contribution in [0.2, 0.25) is 0 Å². The standard InChI is InChI=1S/C14H24N4O3S/c1-10(8-21-3)17-13-11(2)14(16-9-15-13)18-6-5-12(7-18)22(4,19)20/h9-10,12H,5-8H2,1-4H3,(H,15,16,17)/t10?,12-/m0/s1. The normalized spacial score (nSPS) is 20.2. The van der Waals surface area contributed by atoms with Gasteiger partial charge in [0.25, 0.3) is 0 Å². The van der Waals surface area contributed by atoms with Crippen LogP contribution in [0.1, 0.15) is 18.9 Å². The molecule has 1 unspecified atom stereocenters. The highest BCUT2D eigenvalue weighted by Gasteiger charge is 2.31. The first-order valence-electron chi connectivity index (χ1n) is 7.33. The third-order valence-corrected chi connectivity index (χ3v) is 5.50. The highest BCUT2D eigenvalue weighted by Crippen LogP contribution is 2.27. The Balaban J connectivity index is 2.16. The zero-order valence-corrected chi connectivity index (χ0v) is 14.4. The molecule has 2 rings (SSSR count). The average Bonchev–Trinajstić information content (AvgIpc) is 2.91. The Kier molecular flexibility index (Phi) is 5.23. The number of hydrogen-bond donors (Lipinski definition) is 1. The fraction of sp³-hybridized carbons (Fsp3) is 0.714. The van der Waals surface area contributed by atoms with E-state index in [1.807, 2.05) is 18.7 Å². The SMILES string of the molecule is COCC(C)Nc1ncnc(N2CC[C@H](S(C)(=O)=O)C2)c1C. The molecule has 1 fully saturated rings. The number of nitrogens with one attached hydrogen (secondary N) is 1. The van der Waals surface area contributed by atoms with Gasteiger partial charge in [-0.15, -0.1) is 0 Å². The topological polar surface area (TPSA) is 84.4 Å².